The van der Waals surface area contributed by atoms with Crippen molar-refractivity contribution in [3.8, 4) is 44.5 Å². The Bertz CT molecular complexity index is 4060. The summed E-state index contributed by atoms with van der Waals surface area (Å²) in [6.45, 7) is 0. The first-order valence-corrected chi connectivity index (χ1v) is 20.6. The molecule has 0 bridgehead atoms. The molecule has 12 aromatic rings. The van der Waals surface area contributed by atoms with Gasteiger partial charge in [0.05, 0.1) is 16.7 Å². The number of hydrogen-bond donors (Lipinski definition) is 0. The SMILES string of the molecule is [2H]c1c([2H])c(N(c2ccccc2-c2cc3c4ccccc4oc3c3ccccc23)c2c([2H])c([2H])c(-c3ccc4ccccc4c3)c([2H])c2[2H])c([2H])c([2H])c1-c1ccc(-c2cccc3ccccc23)cc1. The maximum atomic E-state index is 9.84. The molecule has 0 spiro atoms. The van der Waals surface area contributed by atoms with Crippen LogP contribution in [0.5, 0.6) is 0 Å². The van der Waals surface area contributed by atoms with Crippen LogP contribution in [0.25, 0.3) is 98.8 Å². The molecule has 11 aromatic carbocycles. The van der Waals surface area contributed by atoms with E-state index >= 15 is 0 Å². The Morgan fingerprint density at radius 1 is 0.323 bits per heavy atom. The lowest BCUT2D eigenvalue weighted by atomic mass is 9.93. The van der Waals surface area contributed by atoms with Gasteiger partial charge in [-0.3, -0.25) is 0 Å². The molecule has 1 heterocycles. The standard InChI is InChI=1S/C60H39NO/c1-2-14-46-38-47(29-26-40(46)12-1)43-32-36-49(37-33-43)61(48-34-30-42(31-35-48)41-24-27-45(28-25-41)51-21-11-15-44-13-3-4-16-50(44)51)58-22-9-7-18-53(58)56-39-57-54-19-8-10-23-59(54)62-60(57)55-20-6-5-17-52(55)56/h1-39H/i30D,31D,32D,33D,34D,35D,36D,37D. The number of hydrogen-bond acceptors (Lipinski definition) is 2. The minimum absolute atomic E-state index is 0.0888. The Kier molecular flexibility index (Phi) is 6.76. The van der Waals surface area contributed by atoms with Crippen LogP contribution in [0.2, 0.25) is 0 Å². The zero-order valence-electron chi connectivity index (χ0n) is 41.3. The highest BCUT2D eigenvalue weighted by Crippen LogP contribution is 2.46. The van der Waals surface area contributed by atoms with E-state index in [1.54, 1.807) is 18.2 Å². The third-order valence-corrected chi connectivity index (χ3v) is 11.8. The molecule has 0 aliphatic carbocycles. The molecule has 12 rings (SSSR count). The number of nitrogens with zero attached hydrogens (tertiary/aromatic N) is 1. The molecule has 2 nitrogen and oxygen atoms in total. The highest BCUT2D eigenvalue weighted by Gasteiger charge is 2.21. The van der Waals surface area contributed by atoms with E-state index in [0.29, 0.717) is 28.0 Å². The van der Waals surface area contributed by atoms with Crippen molar-refractivity contribution in [1.82, 2.24) is 0 Å². The number of rotatable bonds is 7. The molecular weight excluding hydrogens is 751 g/mol. The van der Waals surface area contributed by atoms with E-state index < -0.39 is 24.2 Å². The summed E-state index contributed by atoms with van der Waals surface area (Å²) >= 11 is 0. The molecule has 0 amide bonds. The third-order valence-electron chi connectivity index (χ3n) is 11.8. The van der Waals surface area contributed by atoms with Crippen molar-refractivity contribution in [2.24, 2.45) is 0 Å². The lowest BCUT2D eigenvalue weighted by Gasteiger charge is -2.28. The smallest absolute Gasteiger partial charge is 0.143 e. The predicted molar refractivity (Wildman–Crippen MR) is 263 cm³/mol. The number of para-hydroxylation sites is 2. The van der Waals surface area contributed by atoms with Crippen molar-refractivity contribution in [3.05, 3.63) is 236 Å². The summed E-state index contributed by atoms with van der Waals surface area (Å²) in [5.74, 6) is 0. The van der Waals surface area contributed by atoms with Crippen molar-refractivity contribution in [3.63, 3.8) is 0 Å². The van der Waals surface area contributed by atoms with Crippen LogP contribution in [0.4, 0.5) is 17.1 Å². The van der Waals surface area contributed by atoms with Crippen LogP contribution in [0.15, 0.2) is 241 Å². The van der Waals surface area contributed by atoms with Crippen molar-refractivity contribution in [1.29, 1.82) is 0 Å². The van der Waals surface area contributed by atoms with Crippen molar-refractivity contribution >= 4 is 71.3 Å². The van der Waals surface area contributed by atoms with Gasteiger partial charge in [-0.25, -0.2) is 0 Å². The zero-order valence-corrected chi connectivity index (χ0v) is 33.3. The van der Waals surface area contributed by atoms with Crippen LogP contribution in [0.1, 0.15) is 11.0 Å². The number of benzene rings is 11. The van der Waals surface area contributed by atoms with Crippen LogP contribution in [0.3, 0.4) is 0 Å². The molecule has 0 saturated heterocycles. The Morgan fingerprint density at radius 3 is 1.65 bits per heavy atom. The lowest BCUT2D eigenvalue weighted by molar-refractivity contribution is 0.672. The fraction of sp³-hybridized carbons (Fsp3) is 0. The average Bonchev–Trinajstić information content (AvgIpc) is 3.78. The Morgan fingerprint density at radius 2 is 0.871 bits per heavy atom. The van der Waals surface area contributed by atoms with E-state index in [1.165, 1.54) is 4.90 Å². The maximum Gasteiger partial charge on any atom is 0.143 e. The second-order valence-electron chi connectivity index (χ2n) is 15.4. The topological polar surface area (TPSA) is 16.4 Å². The van der Waals surface area contributed by atoms with Gasteiger partial charge in [-0.2, -0.15) is 0 Å². The van der Waals surface area contributed by atoms with Gasteiger partial charge in [0.25, 0.3) is 0 Å². The van der Waals surface area contributed by atoms with Gasteiger partial charge < -0.3 is 9.32 Å². The summed E-state index contributed by atoms with van der Waals surface area (Å²) in [6.07, 6.45) is 0. The van der Waals surface area contributed by atoms with E-state index in [2.05, 4.69) is 18.2 Å². The molecular formula is C60H39NO. The molecule has 0 N–H and O–H groups in total. The molecule has 290 valence electrons. The normalized spacial score (nSPS) is 13.4. The number of anilines is 3. The highest BCUT2D eigenvalue weighted by molar-refractivity contribution is 6.20. The van der Waals surface area contributed by atoms with E-state index in [4.69, 9.17) is 4.42 Å². The van der Waals surface area contributed by atoms with Gasteiger partial charge in [0.2, 0.25) is 0 Å². The monoisotopic (exact) mass is 797 g/mol. The summed E-state index contributed by atoms with van der Waals surface area (Å²) in [4.78, 5) is 1.40. The van der Waals surface area contributed by atoms with E-state index in [-0.39, 0.29) is 46.7 Å². The molecule has 0 unspecified atom stereocenters. The predicted octanol–water partition coefficient (Wildman–Crippen LogP) is 17.2. The van der Waals surface area contributed by atoms with Crippen LogP contribution in [-0.4, -0.2) is 0 Å². The number of furan rings is 1. The highest BCUT2D eigenvalue weighted by atomic mass is 16.3. The lowest BCUT2D eigenvalue weighted by Crippen LogP contribution is -2.11. The molecule has 0 saturated carbocycles. The Labute approximate surface area is 371 Å². The first-order chi connectivity index (χ1) is 34.1. The van der Waals surface area contributed by atoms with Crippen LogP contribution < -0.4 is 4.90 Å². The fourth-order valence-corrected chi connectivity index (χ4v) is 8.78. The third kappa shape index (κ3) is 6.12. The Balaban J connectivity index is 1.10. The maximum absolute atomic E-state index is 9.84. The van der Waals surface area contributed by atoms with E-state index in [0.717, 1.165) is 65.4 Å². The first kappa shape index (κ1) is 28.3. The van der Waals surface area contributed by atoms with Crippen molar-refractivity contribution in [2.75, 3.05) is 4.90 Å². The number of fused-ring (bicyclic) bond motifs is 7. The summed E-state index contributed by atoms with van der Waals surface area (Å²) in [5, 5.41) is 7.45. The fourth-order valence-electron chi connectivity index (χ4n) is 8.78. The van der Waals surface area contributed by atoms with Gasteiger partial charge >= 0.3 is 0 Å². The largest absolute Gasteiger partial charge is 0.455 e. The minimum Gasteiger partial charge on any atom is -0.455 e. The average molecular weight is 798 g/mol. The molecule has 1 aromatic heterocycles. The van der Waals surface area contributed by atoms with E-state index in [1.807, 2.05) is 152 Å². The van der Waals surface area contributed by atoms with E-state index in [9.17, 15) is 11.0 Å². The first-order valence-electron chi connectivity index (χ1n) is 24.6. The Hall–Kier alpha value is -8.20. The van der Waals surface area contributed by atoms with Gasteiger partial charge in [-0.05, 0) is 114 Å². The molecule has 0 aliphatic heterocycles. The van der Waals surface area contributed by atoms with Gasteiger partial charge in [-0.15, -0.1) is 0 Å². The summed E-state index contributed by atoms with van der Waals surface area (Å²) < 4.78 is 84.2. The second-order valence-corrected chi connectivity index (χ2v) is 15.4. The molecule has 0 atom stereocenters. The summed E-state index contributed by atoms with van der Waals surface area (Å²) in [7, 11) is 0. The van der Waals surface area contributed by atoms with Gasteiger partial charge in [0, 0.05) is 33.1 Å². The van der Waals surface area contributed by atoms with Crippen LogP contribution in [0, 0.1) is 0 Å². The zero-order chi connectivity index (χ0) is 47.9. The van der Waals surface area contributed by atoms with Crippen molar-refractivity contribution < 1.29 is 15.4 Å². The van der Waals surface area contributed by atoms with Crippen LogP contribution in [-0.2, 0) is 0 Å². The molecule has 0 fully saturated rings. The second kappa shape index (κ2) is 14.8. The summed E-state index contributed by atoms with van der Waals surface area (Å²) in [5.41, 5.74) is 5.76. The van der Waals surface area contributed by atoms with Gasteiger partial charge in [0.1, 0.15) is 11.2 Å². The molecule has 0 aliphatic rings. The van der Waals surface area contributed by atoms with Crippen molar-refractivity contribution in [2.45, 2.75) is 0 Å². The van der Waals surface area contributed by atoms with Crippen LogP contribution >= 0.6 is 0 Å². The van der Waals surface area contributed by atoms with Gasteiger partial charge in [-0.1, -0.05) is 188 Å². The molecule has 62 heavy (non-hydrogen) atoms. The molecule has 2 heteroatoms. The quantitative estimate of drug-likeness (QED) is 0.160. The summed E-state index contributed by atoms with van der Waals surface area (Å²) in [6, 6.07) is 57.0. The minimum atomic E-state index is -0.416. The molecule has 0 radical (unpaired) electrons. The van der Waals surface area contributed by atoms with Gasteiger partial charge in [0.15, 0.2) is 0 Å².